The molecule has 4 heteroatoms. The minimum Gasteiger partial charge on any atom is -0.305 e. The van der Waals surface area contributed by atoms with E-state index in [-0.39, 0.29) is 5.54 Å². The Morgan fingerprint density at radius 1 is 1.21 bits per heavy atom. The zero-order valence-corrected chi connectivity index (χ0v) is 13.0. The van der Waals surface area contributed by atoms with Gasteiger partial charge < -0.3 is 5.32 Å². The highest BCUT2D eigenvalue weighted by molar-refractivity contribution is 4.91. The molecule has 1 aliphatic rings. The van der Waals surface area contributed by atoms with Crippen LogP contribution in [0, 0.1) is 11.8 Å². The minimum absolute atomic E-state index is 0.115. The molecule has 108 valence electrons. The average molecular weight is 264 g/mol. The van der Waals surface area contributed by atoms with Crippen molar-refractivity contribution in [2.75, 3.05) is 0 Å². The Balaban J connectivity index is 2.06. The van der Waals surface area contributed by atoms with Crippen LogP contribution in [-0.2, 0) is 6.54 Å². The summed E-state index contributed by atoms with van der Waals surface area (Å²) in [6.07, 6.45) is 5.51. The Morgan fingerprint density at radius 3 is 2.42 bits per heavy atom. The fraction of sp³-hybridized carbons (Fsp3) is 0.867. The summed E-state index contributed by atoms with van der Waals surface area (Å²) in [7, 11) is 0. The summed E-state index contributed by atoms with van der Waals surface area (Å²) in [5, 5.41) is 7.98. The Kier molecular flexibility index (Phi) is 4.29. The summed E-state index contributed by atoms with van der Waals surface area (Å²) < 4.78 is 2.16. The molecule has 0 aromatic carbocycles. The van der Waals surface area contributed by atoms with Gasteiger partial charge in [0.05, 0.1) is 12.6 Å². The van der Waals surface area contributed by atoms with Crippen LogP contribution in [0.5, 0.6) is 0 Å². The van der Waals surface area contributed by atoms with Gasteiger partial charge in [-0.25, -0.2) is 9.67 Å². The van der Waals surface area contributed by atoms with Gasteiger partial charge in [0.2, 0.25) is 0 Å². The standard InChI is InChI=1S/C15H28N4/c1-11-6-12(2)8-13(7-11)19-14(16-10-18-19)9-17-15(3,4)5/h10-13,17H,6-9H2,1-5H3. The number of hydrogen-bond donors (Lipinski definition) is 1. The largest absolute Gasteiger partial charge is 0.305 e. The lowest BCUT2D eigenvalue weighted by atomic mass is 9.80. The molecule has 2 rings (SSSR count). The second-order valence-electron chi connectivity index (χ2n) is 7.30. The number of hydrogen-bond acceptors (Lipinski definition) is 3. The smallest absolute Gasteiger partial charge is 0.141 e. The normalized spacial score (nSPS) is 28.6. The van der Waals surface area contributed by atoms with Gasteiger partial charge in [-0.15, -0.1) is 0 Å². The SMILES string of the molecule is CC1CC(C)CC(n2ncnc2CNC(C)(C)C)C1. The molecule has 0 bridgehead atoms. The molecule has 0 radical (unpaired) electrons. The first-order chi connectivity index (χ1) is 8.85. The maximum Gasteiger partial charge on any atom is 0.141 e. The Hall–Kier alpha value is -0.900. The van der Waals surface area contributed by atoms with E-state index in [9.17, 15) is 0 Å². The lowest BCUT2D eigenvalue weighted by Crippen LogP contribution is -2.36. The van der Waals surface area contributed by atoms with Gasteiger partial charge in [0.1, 0.15) is 12.2 Å². The first-order valence-electron chi connectivity index (χ1n) is 7.48. The van der Waals surface area contributed by atoms with Crippen LogP contribution in [0.4, 0.5) is 0 Å². The molecule has 19 heavy (non-hydrogen) atoms. The Morgan fingerprint density at radius 2 is 1.84 bits per heavy atom. The van der Waals surface area contributed by atoms with Gasteiger partial charge in [-0.1, -0.05) is 13.8 Å². The van der Waals surface area contributed by atoms with E-state index in [1.54, 1.807) is 6.33 Å². The molecular formula is C15H28N4. The van der Waals surface area contributed by atoms with E-state index in [1.165, 1.54) is 19.3 Å². The maximum absolute atomic E-state index is 4.47. The summed E-state index contributed by atoms with van der Waals surface area (Å²) >= 11 is 0. The maximum atomic E-state index is 4.47. The van der Waals surface area contributed by atoms with Crippen molar-refractivity contribution in [3.05, 3.63) is 12.2 Å². The molecule has 0 amide bonds. The van der Waals surface area contributed by atoms with Crippen molar-refractivity contribution in [2.45, 2.75) is 72.0 Å². The molecule has 0 saturated heterocycles. The van der Waals surface area contributed by atoms with E-state index in [0.29, 0.717) is 6.04 Å². The molecule has 2 unspecified atom stereocenters. The third-order valence-electron chi connectivity index (χ3n) is 3.92. The molecule has 1 N–H and O–H groups in total. The van der Waals surface area contributed by atoms with Gasteiger partial charge in [0.15, 0.2) is 0 Å². The van der Waals surface area contributed by atoms with Crippen molar-refractivity contribution in [1.82, 2.24) is 20.1 Å². The van der Waals surface area contributed by atoms with Crippen molar-refractivity contribution >= 4 is 0 Å². The number of nitrogens with one attached hydrogen (secondary N) is 1. The van der Waals surface area contributed by atoms with Crippen LogP contribution in [0.1, 0.15) is 65.7 Å². The third-order valence-corrected chi connectivity index (χ3v) is 3.92. The van der Waals surface area contributed by atoms with E-state index < -0.39 is 0 Å². The zero-order chi connectivity index (χ0) is 14.0. The monoisotopic (exact) mass is 264 g/mol. The number of rotatable bonds is 3. The highest BCUT2D eigenvalue weighted by Crippen LogP contribution is 2.35. The van der Waals surface area contributed by atoms with Crippen LogP contribution in [0.25, 0.3) is 0 Å². The first-order valence-corrected chi connectivity index (χ1v) is 7.48. The van der Waals surface area contributed by atoms with E-state index in [1.807, 2.05) is 0 Å². The predicted octanol–water partition coefficient (Wildman–Crippen LogP) is 3.16. The molecular weight excluding hydrogens is 236 g/mol. The first kappa shape index (κ1) is 14.5. The van der Waals surface area contributed by atoms with Gasteiger partial charge in [-0.05, 0) is 51.9 Å². The second kappa shape index (κ2) is 5.61. The molecule has 1 aliphatic carbocycles. The van der Waals surface area contributed by atoms with Gasteiger partial charge in [0, 0.05) is 5.54 Å². The zero-order valence-electron chi connectivity index (χ0n) is 13.0. The fourth-order valence-corrected chi connectivity index (χ4v) is 3.15. The van der Waals surface area contributed by atoms with Crippen molar-refractivity contribution in [1.29, 1.82) is 0 Å². The molecule has 1 heterocycles. The summed E-state index contributed by atoms with van der Waals surface area (Å²) in [6.45, 7) is 12.0. The summed E-state index contributed by atoms with van der Waals surface area (Å²) in [5.41, 5.74) is 0.115. The van der Waals surface area contributed by atoms with E-state index >= 15 is 0 Å². The highest BCUT2D eigenvalue weighted by atomic mass is 15.4. The summed E-state index contributed by atoms with van der Waals surface area (Å²) in [6, 6.07) is 0.526. The average Bonchev–Trinajstić information content (AvgIpc) is 2.72. The van der Waals surface area contributed by atoms with Gasteiger partial charge in [0.25, 0.3) is 0 Å². The van der Waals surface area contributed by atoms with Gasteiger partial charge >= 0.3 is 0 Å². The van der Waals surface area contributed by atoms with Crippen molar-refractivity contribution < 1.29 is 0 Å². The van der Waals surface area contributed by atoms with Crippen LogP contribution in [0.15, 0.2) is 6.33 Å². The highest BCUT2D eigenvalue weighted by Gasteiger charge is 2.27. The summed E-state index contributed by atoms with van der Waals surface area (Å²) in [5.74, 6) is 2.66. The van der Waals surface area contributed by atoms with Crippen LogP contribution in [0.3, 0.4) is 0 Å². The number of aromatic nitrogens is 3. The van der Waals surface area contributed by atoms with E-state index in [0.717, 1.165) is 24.2 Å². The van der Waals surface area contributed by atoms with Crippen molar-refractivity contribution in [3.63, 3.8) is 0 Å². The Bertz CT molecular complexity index is 395. The summed E-state index contributed by atoms with van der Waals surface area (Å²) in [4.78, 5) is 4.43. The molecule has 2 atom stereocenters. The molecule has 0 spiro atoms. The van der Waals surface area contributed by atoms with E-state index in [4.69, 9.17) is 0 Å². The van der Waals surface area contributed by atoms with Gasteiger partial charge in [-0.3, -0.25) is 0 Å². The second-order valence-corrected chi connectivity index (χ2v) is 7.30. The molecule has 1 saturated carbocycles. The van der Waals surface area contributed by atoms with Gasteiger partial charge in [-0.2, -0.15) is 5.10 Å². The van der Waals surface area contributed by atoms with Crippen LogP contribution in [0.2, 0.25) is 0 Å². The lowest BCUT2D eigenvalue weighted by Gasteiger charge is -2.32. The predicted molar refractivity (Wildman–Crippen MR) is 77.8 cm³/mol. The number of nitrogens with zero attached hydrogens (tertiary/aromatic N) is 3. The van der Waals surface area contributed by atoms with Crippen LogP contribution < -0.4 is 5.32 Å². The Labute approximate surface area is 117 Å². The van der Waals surface area contributed by atoms with E-state index in [2.05, 4.69) is 54.7 Å². The molecule has 4 nitrogen and oxygen atoms in total. The fourth-order valence-electron chi connectivity index (χ4n) is 3.15. The van der Waals surface area contributed by atoms with Crippen molar-refractivity contribution in [2.24, 2.45) is 11.8 Å². The van der Waals surface area contributed by atoms with Crippen molar-refractivity contribution in [3.8, 4) is 0 Å². The topological polar surface area (TPSA) is 42.7 Å². The minimum atomic E-state index is 0.115. The lowest BCUT2D eigenvalue weighted by molar-refractivity contribution is 0.204. The van der Waals surface area contributed by atoms with Crippen LogP contribution in [-0.4, -0.2) is 20.3 Å². The molecule has 1 fully saturated rings. The molecule has 1 aromatic rings. The molecule has 1 aromatic heterocycles. The van der Waals surface area contributed by atoms with Crippen LogP contribution >= 0.6 is 0 Å². The third kappa shape index (κ3) is 4.03. The quantitative estimate of drug-likeness (QED) is 0.912. The molecule has 0 aliphatic heterocycles.